The summed E-state index contributed by atoms with van der Waals surface area (Å²) in [6.07, 6.45) is 0.266. The molecule has 0 unspecified atom stereocenters. The average Bonchev–Trinajstić information content (AvgIpc) is 2.67. The van der Waals surface area contributed by atoms with Gasteiger partial charge in [0.2, 0.25) is 11.8 Å². The number of halogens is 3. The van der Waals surface area contributed by atoms with E-state index in [4.69, 9.17) is 34.8 Å². The Kier molecular flexibility index (Phi) is 9.56. The van der Waals surface area contributed by atoms with Gasteiger partial charge in [-0.15, -0.1) is 11.8 Å². The highest BCUT2D eigenvalue weighted by molar-refractivity contribution is 7.99. The second kappa shape index (κ2) is 11.5. The molecule has 0 heterocycles. The van der Waals surface area contributed by atoms with Crippen LogP contribution in [0, 0.1) is 0 Å². The number of carbonyl (C=O) groups excluding carboxylic acids is 2. The van der Waals surface area contributed by atoms with Gasteiger partial charge in [0.1, 0.15) is 6.04 Å². The minimum Gasteiger partial charge on any atom is -0.350 e. The molecule has 2 rings (SSSR count). The lowest BCUT2D eigenvalue weighted by Gasteiger charge is -2.32. The lowest BCUT2D eigenvalue weighted by atomic mass is 10.1. The van der Waals surface area contributed by atoms with Gasteiger partial charge in [-0.3, -0.25) is 9.59 Å². The SMILES string of the molecule is C[C@H](C(=O)NC(C)(C)C)N(Cc1c(Cl)cccc1Cl)C(=O)CCSc1ccc(Cl)cc1. The third kappa shape index (κ3) is 8.23. The van der Waals surface area contributed by atoms with Crippen LogP contribution in [0.3, 0.4) is 0 Å². The minimum atomic E-state index is -0.681. The van der Waals surface area contributed by atoms with E-state index in [1.807, 2.05) is 45.0 Å². The van der Waals surface area contributed by atoms with E-state index < -0.39 is 11.6 Å². The number of benzene rings is 2. The maximum absolute atomic E-state index is 13.2. The molecule has 31 heavy (non-hydrogen) atoms. The second-order valence-corrected chi connectivity index (χ2v) is 10.6. The van der Waals surface area contributed by atoms with E-state index in [0.29, 0.717) is 26.4 Å². The molecule has 0 aliphatic rings. The highest BCUT2D eigenvalue weighted by Gasteiger charge is 2.29. The maximum Gasteiger partial charge on any atom is 0.242 e. The van der Waals surface area contributed by atoms with Gasteiger partial charge in [0, 0.05) is 49.8 Å². The normalized spacial score (nSPS) is 12.4. The van der Waals surface area contributed by atoms with E-state index >= 15 is 0 Å². The first-order valence-electron chi connectivity index (χ1n) is 9.90. The van der Waals surface area contributed by atoms with Gasteiger partial charge in [0.25, 0.3) is 0 Å². The molecular formula is C23H27Cl3N2O2S. The first-order valence-corrected chi connectivity index (χ1v) is 12.0. The Balaban J connectivity index is 2.16. The lowest BCUT2D eigenvalue weighted by Crippen LogP contribution is -2.52. The van der Waals surface area contributed by atoms with Crippen LogP contribution >= 0.6 is 46.6 Å². The second-order valence-electron chi connectivity index (χ2n) is 8.19. The van der Waals surface area contributed by atoms with Crippen LogP contribution in [0.15, 0.2) is 47.4 Å². The summed E-state index contributed by atoms with van der Waals surface area (Å²) in [6.45, 7) is 7.57. The molecule has 0 fully saturated rings. The smallest absolute Gasteiger partial charge is 0.242 e. The Labute approximate surface area is 203 Å². The maximum atomic E-state index is 13.2. The number of amides is 2. The van der Waals surface area contributed by atoms with E-state index in [0.717, 1.165) is 4.90 Å². The third-order valence-electron chi connectivity index (χ3n) is 4.45. The van der Waals surface area contributed by atoms with Gasteiger partial charge in [-0.05, 0) is 64.1 Å². The number of nitrogens with one attached hydrogen (secondary N) is 1. The number of hydrogen-bond donors (Lipinski definition) is 1. The molecule has 0 bridgehead atoms. The van der Waals surface area contributed by atoms with E-state index in [-0.39, 0.29) is 24.8 Å². The molecule has 0 spiro atoms. The summed E-state index contributed by atoms with van der Waals surface area (Å²) < 4.78 is 0. The quantitative estimate of drug-likeness (QED) is 0.422. The summed E-state index contributed by atoms with van der Waals surface area (Å²) in [4.78, 5) is 28.5. The molecule has 2 aromatic carbocycles. The number of hydrogen-bond acceptors (Lipinski definition) is 3. The van der Waals surface area contributed by atoms with Gasteiger partial charge in [-0.2, -0.15) is 0 Å². The molecule has 8 heteroatoms. The topological polar surface area (TPSA) is 49.4 Å². The van der Waals surface area contributed by atoms with Crippen molar-refractivity contribution in [2.24, 2.45) is 0 Å². The first kappa shape index (κ1) is 25.9. The van der Waals surface area contributed by atoms with Gasteiger partial charge in [0.15, 0.2) is 0 Å². The number of nitrogens with zero attached hydrogens (tertiary/aromatic N) is 1. The van der Waals surface area contributed by atoms with Crippen LogP contribution in [0.2, 0.25) is 15.1 Å². The molecule has 1 atom stereocenters. The zero-order chi connectivity index (χ0) is 23.2. The Morgan fingerprint density at radius 1 is 1.03 bits per heavy atom. The van der Waals surface area contributed by atoms with E-state index in [9.17, 15) is 9.59 Å². The molecule has 168 valence electrons. The van der Waals surface area contributed by atoms with E-state index in [1.165, 1.54) is 4.90 Å². The molecule has 0 aliphatic carbocycles. The lowest BCUT2D eigenvalue weighted by molar-refractivity contribution is -0.140. The molecular weight excluding hydrogens is 475 g/mol. The summed E-state index contributed by atoms with van der Waals surface area (Å²) in [7, 11) is 0. The highest BCUT2D eigenvalue weighted by atomic mass is 35.5. The Hall–Kier alpha value is -1.40. The van der Waals surface area contributed by atoms with Crippen LogP contribution in [0.25, 0.3) is 0 Å². The van der Waals surface area contributed by atoms with Crippen molar-refractivity contribution < 1.29 is 9.59 Å². The molecule has 0 aromatic heterocycles. The van der Waals surface area contributed by atoms with Crippen molar-refractivity contribution >= 4 is 58.4 Å². The first-order chi connectivity index (χ1) is 14.5. The molecule has 2 aromatic rings. The fraction of sp³-hybridized carbons (Fsp3) is 0.391. The Bertz CT molecular complexity index is 894. The van der Waals surface area contributed by atoms with Crippen LogP contribution in [0.4, 0.5) is 0 Å². The zero-order valence-corrected chi connectivity index (χ0v) is 21.1. The predicted molar refractivity (Wildman–Crippen MR) is 131 cm³/mol. The van der Waals surface area contributed by atoms with Gasteiger partial charge < -0.3 is 10.2 Å². The minimum absolute atomic E-state index is 0.144. The summed E-state index contributed by atoms with van der Waals surface area (Å²) in [5.41, 5.74) is 0.215. The fourth-order valence-corrected chi connectivity index (χ4v) is 4.32. The van der Waals surface area contributed by atoms with E-state index in [1.54, 1.807) is 36.9 Å². The molecule has 2 amide bonds. The average molecular weight is 502 g/mol. The fourth-order valence-electron chi connectivity index (χ4n) is 2.84. The Morgan fingerprint density at radius 2 is 1.61 bits per heavy atom. The largest absolute Gasteiger partial charge is 0.350 e. The molecule has 0 aliphatic heterocycles. The van der Waals surface area contributed by atoms with Gasteiger partial charge in [-0.1, -0.05) is 40.9 Å². The van der Waals surface area contributed by atoms with Crippen LogP contribution in [-0.4, -0.2) is 34.0 Å². The van der Waals surface area contributed by atoms with Crippen molar-refractivity contribution in [1.29, 1.82) is 0 Å². The van der Waals surface area contributed by atoms with Crippen LogP contribution < -0.4 is 5.32 Å². The summed E-state index contributed by atoms with van der Waals surface area (Å²) >= 11 is 20.1. The van der Waals surface area contributed by atoms with Crippen molar-refractivity contribution in [3.8, 4) is 0 Å². The monoisotopic (exact) mass is 500 g/mol. The zero-order valence-electron chi connectivity index (χ0n) is 18.0. The number of carbonyl (C=O) groups is 2. The van der Waals surface area contributed by atoms with Crippen LogP contribution in [0.1, 0.15) is 39.7 Å². The third-order valence-corrected chi connectivity index (χ3v) is 6.43. The van der Waals surface area contributed by atoms with E-state index in [2.05, 4.69) is 5.32 Å². The molecule has 0 radical (unpaired) electrons. The molecule has 0 saturated heterocycles. The van der Waals surface area contributed by atoms with Gasteiger partial charge in [-0.25, -0.2) is 0 Å². The van der Waals surface area contributed by atoms with Crippen LogP contribution in [-0.2, 0) is 16.1 Å². The van der Waals surface area contributed by atoms with Crippen molar-refractivity contribution in [2.45, 2.75) is 57.1 Å². The summed E-state index contributed by atoms with van der Waals surface area (Å²) in [6, 6.07) is 12.0. The standard InChI is InChI=1S/C23H27Cl3N2O2S/c1-15(22(30)27-23(2,3)4)28(14-18-19(25)6-5-7-20(18)26)21(29)12-13-31-17-10-8-16(24)9-11-17/h5-11,15H,12-14H2,1-4H3,(H,27,30)/t15-/m1/s1. The highest BCUT2D eigenvalue weighted by Crippen LogP contribution is 2.27. The molecule has 4 nitrogen and oxygen atoms in total. The van der Waals surface area contributed by atoms with Crippen molar-refractivity contribution in [1.82, 2.24) is 10.2 Å². The van der Waals surface area contributed by atoms with Crippen molar-refractivity contribution in [2.75, 3.05) is 5.75 Å². The molecule has 1 N–H and O–H groups in total. The van der Waals surface area contributed by atoms with Crippen LogP contribution in [0.5, 0.6) is 0 Å². The number of rotatable bonds is 8. The Morgan fingerprint density at radius 3 is 2.16 bits per heavy atom. The summed E-state index contributed by atoms with van der Waals surface area (Å²) in [5, 5.41) is 4.53. The number of thioether (sulfide) groups is 1. The molecule has 0 saturated carbocycles. The van der Waals surface area contributed by atoms with Gasteiger partial charge in [0.05, 0.1) is 0 Å². The van der Waals surface area contributed by atoms with Gasteiger partial charge >= 0.3 is 0 Å². The van der Waals surface area contributed by atoms with Crippen molar-refractivity contribution in [3.63, 3.8) is 0 Å². The predicted octanol–water partition coefficient (Wildman–Crippen LogP) is 6.46. The van der Waals surface area contributed by atoms with Crippen molar-refractivity contribution in [3.05, 3.63) is 63.1 Å². The summed E-state index contributed by atoms with van der Waals surface area (Å²) in [5.74, 6) is 0.198.